The Bertz CT molecular complexity index is 2240. The van der Waals surface area contributed by atoms with Crippen molar-refractivity contribution in [3.05, 3.63) is 75.8 Å². The number of allylic oxidation sites excluding steroid dienone is 2. The monoisotopic (exact) mass is 956 g/mol. The summed E-state index contributed by atoms with van der Waals surface area (Å²) in [6.07, 6.45) is 1.93. The summed E-state index contributed by atoms with van der Waals surface area (Å²) in [5.74, 6) is -7.75. The van der Waals surface area contributed by atoms with Crippen LogP contribution in [0.2, 0.25) is 5.02 Å². The molecule has 2 bridgehead atoms. The average molecular weight is 957 g/mol. The number of carbonyl (C=O) groups excluding carboxylic acids is 3. The maximum atomic E-state index is 14.8. The molecule has 17 atom stereocenters. The van der Waals surface area contributed by atoms with Crippen molar-refractivity contribution in [2.45, 2.75) is 159 Å². The van der Waals surface area contributed by atoms with Crippen molar-refractivity contribution in [2.24, 2.45) is 35.0 Å². The minimum atomic E-state index is -1.65. The number of ether oxygens (including phenoxy) is 7. The third kappa shape index (κ3) is 8.95. The van der Waals surface area contributed by atoms with E-state index >= 15 is 0 Å². The fraction of sp³-hybridized carbons (Fsp3) is 0.633. The van der Waals surface area contributed by atoms with E-state index in [1.54, 1.807) is 33.8 Å². The molecule has 0 radical (unpaired) electrons. The first-order valence-electron chi connectivity index (χ1n) is 23.3. The highest BCUT2D eigenvalue weighted by Crippen LogP contribution is 2.55. The molecule has 7 aliphatic rings. The van der Waals surface area contributed by atoms with Crippen LogP contribution in [-0.4, -0.2) is 122 Å². The molecule has 1 spiro atoms. The number of benzene rings is 1. The molecule has 2 saturated heterocycles. The lowest BCUT2D eigenvalue weighted by Crippen LogP contribution is -2.61. The predicted octanol–water partition coefficient (Wildman–Crippen LogP) is 5.63. The van der Waals surface area contributed by atoms with Crippen molar-refractivity contribution >= 4 is 35.5 Å². The van der Waals surface area contributed by atoms with Gasteiger partial charge in [-0.15, -0.1) is 0 Å². The van der Waals surface area contributed by atoms with E-state index in [4.69, 9.17) is 44.8 Å². The number of aliphatic hydroxyl groups excluding tert-OH is 4. The van der Waals surface area contributed by atoms with Crippen molar-refractivity contribution in [1.29, 1.82) is 0 Å². The van der Waals surface area contributed by atoms with E-state index in [1.165, 1.54) is 18.2 Å². The first-order chi connectivity index (χ1) is 31.8. The molecule has 3 aliphatic carbocycles. The molecule has 17 nitrogen and oxygen atoms in total. The summed E-state index contributed by atoms with van der Waals surface area (Å²) in [5, 5.41) is 66.3. The van der Waals surface area contributed by atoms with Crippen molar-refractivity contribution < 1.29 is 83.0 Å². The van der Waals surface area contributed by atoms with E-state index < -0.39 is 126 Å². The molecule has 366 valence electrons. The highest BCUT2D eigenvalue weighted by Gasteiger charge is 2.60. The molecule has 1 aromatic rings. The van der Waals surface area contributed by atoms with Crippen molar-refractivity contribution in [3.63, 3.8) is 0 Å². The van der Waals surface area contributed by atoms with Crippen LogP contribution in [0.25, 0.3) is 0 Å². The van der Waals surface area contributed by atoms with Crippen molar-refractivity contribution in [2.75, 3.05) is 0 Å². The number of aliphatic carboxylic acids is 1. The van der Waals surface area contributed by atoms with Gasteiger partial charge in [-0.2, -0.15) is 0 Å². The third-order valence-corrected chi connectivity index (χ3v) is 15.8. The van der Waals surface area contributed by atoms with Gasteiger partial charge in [0.05, 0.1) is 23.7 Å². The molecule has 18 heteroatoms. The Morgan fingerprint density at radius 3 is 2.39 bits per heavy atom. The van der Waals surface area contributed by atoms with E-state index in [2.05, 4.69) is 0 Å². The molecule has 0 amide bonds. The van der Waals surface area contributed by atoms with Crippen LogP contribution in [-0.2, 0) is 47.5 Å². The van der Waals surface area contributed by atoms with Gasteiger partial charge in [-0.25, -0.2) is 14.4 Å². The largest absolute Gasteiger partial charge is 0.507 e. The molecule has 9 unspecified atom stereocenters. The molecule has 6 N–H and O–H groups in total. The van der Waals surface area contributed by atoms with Crippen LogP contribution in [0.15, 0.2) is 59.6 Å². The van der Waals surface area contributed by atoms with Crippen LogP contribution in [0.3, 0.4) is 0 Å². The first-order valence-corrected chi connectivity index (χ1v) is 23.7. The summed E-state index contributed by atoms with van der Waals surface area (Å²) in [6.45, 7) is 8.23. The Morgan fingerprint density at radius 1 is 0.881 bits per heavy atom. The van der Waals surface area contributed by atoms with Gasteiger partial charge in [-0.05, 0) is 95.2 Å². The standard InChI is InChI=1S/C49H61ClO17/c1-22-21-49-27(19-29(22)43(56)57)12-9-7-6-8-11-26-15-16-28-30(48(26,5)47(60)66-41(42(49)55)45(59)67-49)13-10-14-33(28)64-46-39(54)38(53)40(25(4)62-46)65-35-20-34(37(52)24(3)61-35)63-44(58)36-23(2)31(50)17-18-32(36)51/h9,12,15-19,22,24-28,30,33-35,37-40,46,51-55H,6-8,10-11,13-14,20-21H2,1-5H3,(H,56,57)/b12-9+/t22-,24?,25?,26-,27-,28+,30-,33+,34?,35?,37?,38?,39?,40?,46?,48-,49+/m1/s1. The van der Waals surface area contributed by atoms with E-state index in [9.17, 15) is 49.8 Å². The number of hydrogen-bond acceptors (Lipinski definition) is 16. The second-order valence-electron chi connectivity index (χ2n) is 19.5. The van der Waals surface area contributed by atoms with Gasteiger partial charge in [0.15, 0.2) is 23.9 Å². The minimum absolute atomic E-state index is 0.0340. The number of rotatable bonds is 7. The van der Waals surface area contributed by atoms with Gasteiger partial charge < -0.3 is 63.8 Å². The zero-order valence-electron chi connectivity index (χ0n) is 38.1. The lowest BCUT2D eigenvalue weighted by molar-refractivity contribution is -0.343. The van der Waals surface area contributed by atoms with E-state index in [0.29, 0.717) is 37.7 Å². The molecule has 0 aromatic heterocycles. The summed E-state index contributed by atoms with van der Waals surface area (Å²) in [4.78, 5) is 53.7. The van der Waals surface area contributed by atoms with Crippen LogP contribution < -0.4 is 0 Å². The maximum Gasteiger partial charge on any atom is 0.379 e. The normalized spacial score (nSPS) is 41.6. The number of carboxylic acids is 1. The smallest absolute Gasteiger partial charge is 0.379 e. The zero-order valence-corrected chi connectivity index (χ0v) is 38.9. The lowest BCUT2D eigenvalue weighted by Gasteiger charge is -2.51. The Hall–Kier alpha value is -4.33. The van der Waals surface area contributed by atoms with Gasteiger partial charge in [0, 0.05) is 35.3 Å². The van der Waals surface area contributed by atoms with E-state index in [0.717, 1.165) is 12.8 Å². The number of carbonyl (C=O) groups is 4. The van der Waals surface area contributed by atoms with Gasteiger partial charge in [0.1, 0.15) is 41.8 Å². The molecule has 4 aliphatic heterocycles. The maximum absolute atomic E-state index is 14.8. The van der Waals surface area contributed by atoms with Gasteiger partial charge in [0.2, 0.25) is 0 Å². The third-order valence-electron chi connectivity index (χ3n) is 15.4. The first kappa shape index (κ1) is 49.1. The Labute approximate surface area is 393 Å². The summed E-state index contributed by atoms with van der Waals surface area (Å²) in [7, 11) is 0. The second-order valence-corrected chi connectivity index (χ2v) is 19.9. The lowest BCUT2D eigenvalue weighted by atomic mass is 9.55. The highest BCUT2D eigenvalue weighted by atomic mass is 35.5. The number of aromatic hydroxyl groups is 1. The molecule has 8 rings (SSSR count). The Balaban J connectivity index is 0.970. The van der Waals surface area contributed by atoms with Crippen LogP contribution in [0.5, 0.6) is 5.75 Å². The Kier molecular flexibility index (Phi) is 14.1. The van der Waals surface area contributed by atoms with Crippen LogP contribution in [0.4, 0.5) is 0 Å². The molecule has 67 heavy (non-hydrogen) atoms. The van der Waals surface area contributed by atoms with Crippen molar-refractivity contribution in [3.8, 4) is 5.75 Å². The summed E-state index contributed by atoms with van der Waals surface area (Å²) in [6, 6.07) is 2.71. The number of fused-ring (bicyclic) bond motifs is 3. The molecule has 4 heterocycles. The summed E-state index contributed by atoms with van der Waals surface area (Å²) in [5.41, 5.74) is -2.59. The predicted molar refractivity (Wildman–Crippen MR) is 235 cm³/mol. The SMILES string of the molecule is Cc1c(Cl)ccc(O)c1C(=O)OC1CC(OC2C(C)OC(O[C@H]3CCC[C@@H]4[C@@H]3C=C[C@H]3CCCC/C=C/[C@@H]5C=C(C(=O)O)[C@H](C)C[C@]56OC(=O)C(=C6O)OC(=O)[C@@]43C)C(O)C2O)OC(C)C1O. The number of hydrogen-bond donors (Lipinski definition) is 6. The Morgan fingerprint density at radius 2 is 1.64 bits per heavy atom. The molecule has 1 saturated carbocycles. The van der Waals surface area contributed by atoms with Gasteiger partial charge in [-0.3, -0.25) is 4.79 Å². The van der Waals surface area contributed by atoms with Crippen LogP contribution >= 0.6 is 11.6 Å². The summed E-state index contributed by atoms with van der Waals surface area (Å²) >= 11 is 6.18. The quantitative estimate of drug-likeness (QED) is 0.110. The van der Waals surface area contributed by atoms with Crippen LogP contribution in [0.1, 0.15) is 101 Å². The van der Waals surface area contributed by atoms with E-state index in [-0.39, 0.29) is 46.6 Å². The number of phenols is 1. The molecular formula is C49H61ClO17. The number of esters is 3. The summed E-state index contributed by atoms with van der Waals surface area (Å²) < 4.78 is 42.3. The highest BCUT2D eigenvalue weighted by molar-refractivity contribution is 6.32. The topological polar surface area (TPSA) is 254 Å². The molecule has 3 fully saturated rings. The van der Waals surface area contributed by atoms with Crippen molar-refractivity contribution in [1.82, 2.24) is 0 Å². The van der Waals surface area contributed by atoms with Crippen LogP contribution in [0, 0.1) is 41.9 Å². The fourth-order valence-corrected chi connectivity index (χ4v) is 11.6. The fourth-order valence-electron chi connectivity index (χ4n) is 11.5. The number of phenolic OH excluding ortho intramolecular Hbond substituents is 1. The van der Waals surface area contributed by atoms with Gasteiger partial charge in [0.25, 0.3) is 5.76 Å². The number of carboxylic acid groups (broad SMARTS) is 1. The minimum Gasteiger partial charge on any atom is -0.507 e. The van der Waals surface area contributed by atoms with Gasteiger partial charge in [-0.1, -0.05) is 61.7 Å². The zero-order chi connectivity index (χ0) is 48.3. The molecule has 1 aromatic carbocycles. The average Bonchev–Trinajstić information content (AvgIpc) is 3.50. The van der Waals surface area contributed by atoms with Gasteiger partial charge >= 0.3 is 23.9 Å². The number of halogens is 1. The molecular weight excluding hydrogens is 896 g/mol. The second kappa shape index (κ2) is 19.2. The van der Waals surface area contributed by atoms with E-state index in [1.807, 2.05) is 25.2 Å². The number of aliphatic hydroxyl groups is 4.